The quantitative estimate of drug-likeness (QED) is 0.801. The van der Waals surface area contributed by atoms with Crippen molar-refractivity contribution in [2.75, 3.05) is 6.54 Å². The van der Waals surface area contributed by atoms with Crippen molar-refractivity contribution in [3.8, 4) is 0 Å². The molecular formula is C10H18FN3. The molecule has 0 aliphatic rings. The van der Waals surface area contributed by atoms with E-state index >= 15 is 0 Å². The van der Waals surface area contributed by atoms with Crippen LogP contribution in [-0.4, -0.2) is 16.3 Å². The Bertz CT molecular complexity index is 283. The third-order valence-electron chi connectivity index (χ3n) is 2.52. The zero-order chi connectivity index (χ0) is 10.7. The molecule has 2 N–H and O–H groups in total. The molecule has 0 aliphatic heterocycles. The van der Waals surface area contributed by atoms with Crippen LogP contribution in [0.5, 0.6) is 0 Å². The molecule has 0 saturated heterocycles. The maximum atomic E-state index is 13.9. The molecule has 80 valence electrons. The van der Waals surface area contributed by atoms with Crippen molar-refractivity contribution < 1.29 is 4.39 Å². The zero-order valence-corrected chi connectivity index (χ0v) is 8.94. The summed E-state index contributed by atoms with van der Waals surface area (Å²) >= 11 is 0. The lowest BCUT2D eigenvalue weighted by atomic mass is 9.90. The van der Waals surface area contributed by atoms with Crippen LogP contribution in [0.1, 0.15) is 25.7 Å². The highest BCUT2D eigenvalue weighted by molar-refractivity contribution is 5.05. The lowest BCUT2D eigenvalue weighted by molar-refractivity contribution is 0.183. The van der Waals surface area contributed by atoms with E-state index in [1.165, 1.54) is 0 Å². The smallest absolute Gasteiger partial charge is 0.148 e. The number of aryl methyl sites for hydroxylation is 1. The molecule has 1 rings (SSSR count). The van der Waals surface area contributed by atoms with Gasteiger partial charge in [0.25, 0.3) is 0 Å². The molecule has 0 amide bonds. The molecule has 0 radical (unpaired) electrons. The molecule has 4 heteroatoms. The highest BCUT2D eigenvalue weighted by atomic mass is 19.1. The lowest BCUT2D eigenvalue weighted by Gasteiger charge is -2.21. The van der Waals surface area contributed by atoms with Crippen molar-refractivity contribution in [2.24, 2.45) is 24.6 Å². The summed E-state index contributed by atoms with van der Waals surface area (Å²) in [4.78, 5) is 0. The molecule has 1 heterocycles. The highest BCUT2D eigenvalue weighted by Crippen LogP contribution is 2.29. The van der Waals surface area contributed by atoms with Crippen molar-refractivity contribution in [2.45, 2.75) is 20.0 Å². The van der Waals surface area contributed by atoms with Gasteiger partial charge < -0.3 is 5.73 Å². The molecule has 0 aromatic carbocycles. The van der Waals surface area contributed by atoms with Gasteiger partial charge in [-0.2, -0.15) is 5.10 Å². The van der Waals surface area contributed by atoms with Gasteiger partial charge in [-0.05, 0) is 18.5 Å². The lowest BCUT2D eigenvalue weighted by Crippen LogP contribution is -2.25. The van der Waals surface area contributed by atoms with E-state index in [0.717, 1.165) is 0 Å². The first kappa shape index (κ1) is 11.2. The maximum absolute atomic E-state index is 13.9. The molecule has 0 saturated carbocycles. The SMILES string of the molecule is CC(C)C(CN)C(F)c1ccn(C)n1. The summed E-state index contributed by atoms with van der Waals surface area (Å²) < 4.78 is 15.5. The van der Waals surface area contributed by atoms with Gasteiger partial charge in [0, 0.05) is 19.2 Å². The van der Waals surface area contributed by atoms with Crippen LogP contribution in [0.25, 0.3) is 0 Å². The van der Waals surface area contributed by atoms with Gasteiger partial charge in [-0.1, -0.05) is 13.8 Å². The summed E-state index contributed by atoms with van der Waals surface area (Å²) in [5.41, 5.74) is 6.03. The number of alkyl halides is 1. The second-order valence-electron chi connectivity index (χ2n) is 3.96. The minimum absolute atomic E-state index is 0.148. The van der Waals surface area contributed by atoms with Crippen LogP contribution in [0.3, 0.4) is 0 Å². The number of nitrogens with zero attached hydrogens (tertiary/aromatic N) is 2. The Morgan fingerprint density at radius 2 is 2.21 bits per heavy atom. The Morgan fingerprint density at radius 3 is 2.57 bits per heavy atom. The summed E-state index contributed by atoms with van der Waals surface area (Å²) in [6, 6.07) is 1.70. The number of nitrogens with two attached hydrogens (primary N) is 1. The first-order valence-electron chi connectivity index (χ1n) is 4.90. The Kier molecular flexibility index (Phi) is 3.63. The molecular weight excluding hydrogens is 181 g/mol. The molecule has 0 fully saturated rings. The molecule has 2 atom stereocenters. The summed E-state index contributed by atoms with van der Waals surface area (Å²) in [6.45, 7) is 4.31. The normalized spacial score (nSPS) is 15.9. The molecule has 0 spiro atoms. The second kappa shape index (κ2) is 4.55. The van der Waals surface area contributed by atoms with Gasteiger partial charge in [0.05, 0.1) is 5.69 Å². The van der Waals surface area contributed by atoms with E-state index in [1.54, 1.807) is 24.0 Å². The third-order valence-corrected chi connectivity index (χ3v) is 2.52. The predicted octanol–water partition coefficient (Wildman–Crippen LogP) is 1.66. The zero-order valence-electron chi connectivity index (χ0n) is 8.94. The van der Waals surface area contributed by atoms with E-state index in [4.69, 9.17) is 5.73 Å². The Balaban J connectivity index is 2.77. The number of halogens is 1. The van der Waals surface area contributed by atoms with Crippen LogP contribution in [0.2, 0.25) is 0 Å². The van der Waals surface area contributed by atoms with Gasteiger partial charge in [-0.25, -0.2) is 4.39 Å². The third kappa shape index (κ3) is 2.32. The Morgan fingerprint density at radius 1 is 1.57 bits per heavy atom. The largest absolute Gasteiger partial charge is 0.330 e. The summed E-state index contributed by atoms with van der Waals surface area (Å²) in [6.07, 6.45) is 0.691. The average Bonchev–Trinajstić information content (AvgIpc) is 2.52. The van der Waals surface area contributed by atoms with E-state index in [9.17, 15) is 4.39 Å². The van der Waals surface area contributed by atoms with Gasteiger partial charge in [0.2, 0.25) is 0 Å². The van der Waals surface area contributed by atoms with Crippen LogP contribution < -0.4 is 5.73 Å². The molecule has 0 aliphatic carbocycles. The number of hydrogen-bond donors (Lipinski definition) is 1. The van der Waals surface area contributed by atoms with Gasteiger partial charge in [0.1, 0.15) is 6.17 Å². The van der Waals surface area contributed by atoms with Gasteiger partial charge in [-0.15, -0.1) is 0 Å². The minimum atomic E-state index is -1.05. The number of hydrogen-bond acceptors (Lipinski definition) is 2. The fraction of sp³-hybridized carbons (Fsp3) is 0.700. The van der Waals surface area contributed by atoms with Crippen LogP contribution in [0.4, 0.5) is 4.39 Å². The monoisotopic (exact) mass is 199 g/mol. The standard InChI is InChI=1S/C10H18FN3/c1-7(2)8(6-12)10(11)9-4-5-14(3)13-9/h4-5,7-8,10H,6,12H2,1-3H3. The summed E-state index contributed by atoms with van der Waals surface area (Å²) in [5.74, 6) is 0.0851. The fourth-order valence-electron chi connectivity index (χ4n) is 1.53. The first-order valence-corrected chi connectivity index (χ1v) is 4.90. The Labute approximate surface area is 84.1 Å². The van der Waals surface area contributed by atoms with Crippen molar-refractivity contribution in [3.05, 3.63) is 18.0 Å². The molecule has 1 aromatic rings. The van der Waals surface area contributed by atoms with E-state index < -0.39 is 6.17 Å². The maximum Gasteiger partial charge on any atom is 0.148 e. The van der Waals surface area contributed by atoms with Crippen LogP contribution in [-0.2, 0) is 7.05 Å². The van der Waals surface area contributed by atoms with E-state index in [-0.39, 0.29) is 11.8 Å². The van der Waals surface area contributed by atoms with Crippen molar-refractivity contribution >= 4 is 0 Å². The van der Waals surface area contributed by atoms with Crippen LogP contribution >= 0.6 is 0 Å². The molecule has 0 bridgehead atoms. The number of aromatic nitrogens is 2. The number of rotatable bonds is 4. The highest BCUT2D eigenvalue weighted by Gasteiger charge is 2.26. The molecule has 1 aromatic heterocycles. The Hall–Kier alpha value is -0.900. The van der Waals surface area contributed by atoms with Crippen molar-refractivity contribution in [3.63, 3.8) is 0 Å². The van der Waals surface area contributed by atoms with E-state index in [0.29, 0.717) is 12.2 Å². The minimum Gasteiger partial charge on any atom is -0.330 e. The predicted molar refractivity (Wildman–Crippen MR) is 54.4 cm³/mol. The van der Waals surface area contributed by atoms with Gasteiger partial charge in [-0.3, -0.25) is 4.68 Å². The average molecular weight is 199 g/mol. The van der Waals surface area contributed by atoms with Gasteiger partial charge >= 0.3 is 0 Å². The van der Waals surface area contributed by atoms with Crippen LogP contribution in [0.15, 0.2) is 12.3 Å². The van der Waals surface area contributed by atoms with Crippen molar-refractivity contribution in [1.29, 1.82) is 0 Å². The molecule has 14 heavy (non-hydrogen) atoms. The first-order chi connectivity index (χ1) is 6.56. The second-order valence-corrected chi connectivity index (χ2v) is 3.96. The van der Waals surface area contributed by atoms with E-state index in [2.05, 4.69) is 5.10 Å². The van der Waals surface area contributed by atoms with Crippen molar-refractivity contribution in [1.82, 2.24) is 9.78 Å². The summed E-state index contributed by atoms with van der Waals surface area (Å²) in [7, 11) is 1.78. The van der Waals surface area contributed by atoms with E-state index in [1.807, 2.05) is 13.8 Å². The molecule has 2 unspecified atom stereocenters. The summed E-state index contributed by atoms with van der Waals surface area (Å²) in [5, 5.41) is 4.05. The van der Waals surface area contributed by atoms with Gasteiger partial charge in [0.15, 0.2) is 0 Å². The topological polar surface area (TPSA) is 43.8 Å². The fourth-order valence-corrected chi connectivity index (χ4v) is 1.53. The molecule has 3 nitrogen and oxygen atoms in total. The van der Waals surface area contributed by atoms with Crippen LogP contribution in [0, 0.1) is 11.8 Å².